The molecule has 0 aliphatic heterocycles. The molecule has 1 heterocycles. The van der Waals surface area contributed by atoms with E-state index >= 15 is 0 Å². The molecular weight excluding hydrogens is 252 g/mol. The average molecular weight is 261 g/mol. The molecule has 0 aromatic carbocycles. The molecule has 1 aliphatic rings. The summed E-state index contributed by atoms with van der Waals surface area (Å²) in [4.78, 5) is 13.1. The van der Waals surface area contributed by atoms with Gasteiger partial charge in [-0.25, -0.2) is 0 Å². The number of carboxylic acid groups (broad SMARTS) is 1. The molecule has 13 heavy (non-hydrogen) atoms. The van der Waals surface area contributed by atoms with E-state index in [9.17, 15) is 4.79 Å². The van der Waals surface area contributed by atoms with Crippen LogP contribution in [0.1, 0.15) is 22.1 Å². The number of halogens is 1. The van der Waals surface area contributed by atoms with Crippen molar-refractivity contribution in [2.75, 3.05) is 0 Å². The second-order valence-electron chi connectivity index (χ2n) is 3.34. The molecule has 2 nitrogen and oxygen atoms in total. The lowest BCUT2D eigenvalue weighted by atomic mass is 10.3. The minimum Gasteiger partial charge on any atom is -0.481 e. The maximum atomic E-state index is 10.6. The smallest absolute Gasteiger partial charge is 0.307 e. The van der Waals surface area contributed by atoms with Gasteiger partial charge in [0.1, 0.15) is 0 Å². The first-order chi connectivity index (χ1) is 6.09. The molecule has 1 aromatic rings. The second-order valence-corrected chi connectivity index (χ2v) is 5.48. The van der Waals surface area contributed by atoms with Gasteiger partial charge in [0.25, 0.3) is 0 Å². The predicted molar refractivity (Wildman–Crippen MR) is 55.2 cm³/mol. The Morgan fingerprint density at radius 2 is 2.46 bits per heavy atom. The fourth-order valence-corrected chi connectivity index (χ4v) is 3.19. The van der Waals surface area contributed by atoms with Gasteiger partial charge >= 0.3 is 5.97 Å². The molecule has 2 atom stereocenters. The van der Waals surface area contributed by atoms with Crippen LogP contribution in [0.15, 0.2) is 10.5 Å². The van der Waals surface area contributed by atoms with Crippen molar-refractivity contribution in [2.45, 2.75) is 19.3 Å². The van der Waals surface area contributed by atoms with Gasteiger partial charge in [0, 0.05) is 20.1 Å². The standard InChI is InChI=1S/C9H9BrO2S/c1-4-7(10)3-8(13-4)5-2-6(5)9(11)12/h3,5-6H,2H2,1H3,(H,11,12). The van der Waals surface area contributed by atoms with Crippen molar-refractivity contribution in [2.24, 2.45) is 5.92 Å². The molecule has 1 fully saturated rings. The third-order valence-electron chi connectivity index (χ3n) is 2.35. The third-order valence-corrected chi connectivity index (χ3v) is 4.62. The lowest BCUT2D eigenvalue weighted by molar-refractivity contribution is -0.138. The van der Waals surface area contributed by atoms with Crippen molar-refractivity contribution >= 4 is 33.2 Å². The molecule has 0 radical (unpaired) electrons. The van der Waals surface area contributed by atoms with Crippen molar-refractivity contribution < 1.29 is 9.90 Å². The number of thiophene rings is 1. The molecular formula is C9H9BrO2S. The Morgan fingerprint density at radius 3 is 2.85 bits per heavy atom. The van der Waals surface area contributed by atoms with Crippen LogP contribution in [0.5, 0.6) is 0 Å². The lowest BCUT2D eigenvalue weighted by Gasteiger charge is -1.89. The number of carboxylic acids is 1. The Hall–Kier alpha value is -0.350. The van der Waals surface area contributed by atoms with Crippen LogP contribution in [0.2, 0.25) is 0 Å². The number of rotatable bonds is 2. The predicted octanol–water partition coefficient (Wildman–Crippen LogP) is 3.01. The van der Waals surface area contributed by atoms with E-state index in [0.29, 0.717) is 0 Å². The van der Waals surface area contributed by atoms with E-state index in [-0.39, 0.29) is 11.8 Å². The number of carbonyl (C=O) groups is 1. The summed E-state index contributed by atoms with van der Waals surface area (Å²) < 4.78 is 1.10. The van der Waals surface area contributed by atoms with E-state index in [1.165, 1.54) is 9.75 Å². The Labute approximate surface area is 88.7 Å². The van der Waals surface area contributed by atoms with Gasteiger partial charge in [-0.1, -0.05) is 0 Å². The first-order valence-electron chi connectivity index (χ1n) is 4.08. The van der Waals surface area contributed by atoms with Crippen molar-refractivity contribution in [1.82, 2.24) is 0 Å². The van der Waals surface area contributed by atoms with Crippen LogP contribution in [0, 0.1) is 12.8 Å². The molecule has 1 aliphatic carbocycles. The molecule has 0 amide bonds. The zero-order valence-corrected chi connectivity index (χ0v) is 9.48. The highest BCUT2D eigenvalue weighted by molar-refractivity contribution is 9.10. The SMILES string of the molecule is Cc1sc(C2CC2C(=O)O)cc1Br. The summed E-state index contributed by atoms with van der Waals surface area (Å²) in [6, 6.07) is 2.05. The highest BCUT2D eigenvalue weighted by Crippen LogP contribution is 2.50. The molecule has 0 saturated heterocycles. The molecule has 0 spiro atoms. The van der Waals surface area contributed by atoms with E-state index in [1.54, 1.807) is 11.3 Å². The Bertz CT molecular complexity index is 339. The second kappa shape index (κ2) is 3.10. The van der Waals surface area contributed by atoms with Crippen LogP contribution in [0.4, 0.5) is 0 Å². The Balaban J connectivity index is 2.16. The summed E-state index contributed by atoms with van der Waals surface area (Å²) in [5.41, 5.74) is 0. The molecule has 1 N–H and O–H groups in total. The molecule has 2 unspecified atom stereocenters. The first kappa shape index (κ1) is 9.21. The quantitative estimate of drug-likeness (QED) is 0.888. The van der Waals surface area contributed by atoms with Crippen molar-refractivity contribution in [3.63, 3.8) is 0 Å². The highest BCUT2D eigenvalue weighted by atomic mass is 79.9. The largest absolute Gasteiger partial charge is 0.481 e. The number of aliphatic carboxylic acids is 1. The van der Waals surface area contributed by atoms with E-state index in [4.69, 9.17) is 5.11 Å². The summed E-state index contributed by atoms with van der Waals surface area (Å²) in [5.74, 6) is -0.523. The van der Waals surface area contributed by atoms with Crippen LogP contribution in [0.25, 0.3) is 0 Å². The molecule has 70 valence electrons. The fourth-order valence-electron chi connectivity index (χ4n) is 1.45. The highest BCUT2D eigenvalue weighted by Gasteiger charge is 2.45. The molecule has 1 saturated carbocycles. The minimum atomic E-state index is -0.660. The van der Waals surface area contributed by atoms with E-state index in [1.807, 2.05) is 13.0 Å². The van der Waals surface area contributed by atoms with Crippen LogP contribution in [0.3, 0.4) is 0 Å². The molecule has 1 aromatic heterocycles. The van der Waals surface area contributed by atoms with Gasteiger partial charge in [-0.3, -0.25) is 4.79 Å². The number of hydrogen-bond acceptors (Lipinski definition) is 2. The first-order valence-corrected chi connectivity index (χ1v) is 5.69. The van der Waals surface area contributed by atoms with Crippen molar-refractivity contribution in [3.8, 4) is 0 Å². The van der Waals surface area contributed by atoms with Gasteiger partial charge in [-0.05, 0) is 35.3 Å². The summed E-state index contributed by atoms with van der Waals surface area (Å²) in [6.45, 7) is 2.04. The number of aryl methyl sites for hydroxylation is 1. The van der Waals surface area contributed by atoms with Gasteiger partial charge in [0.15, 0.2) is 0 Å². The zero-order valence-electron chi connectivity index (χ0n) is 7.08. The van der Waals surface area contributed by atoms with Crippen molar-refractivity contribution in [3.05, 3.63) is 20.3 Å². The average Bonchev–Trinajstić information content (AvgIpc) is 2.76. The van der Waals surface area contributed by atoms with Gasteiger partial charge in [-0.2, -0.15) is 0 Å². The third kappa shape index (κ3) is 1.65. The normalized spacial score (nSPS) is 26.0. The van der Waals surface area contributed by atoms with Crippen LogP contribution in [-0.2, 0) is 4.79 Å². The summed E-state index contributed by atoms with van der Waals surface area (Å²) in [5, 5.41) is 8.75. The molecule has 0 bridgehead atoms. The number of hydrogen-bond donors (Lipinski definition) is 1. The van der Waals surface area contributed by atoms with Gasteiger partial charge in [0.05, 0.1) is 5.92 Å². The topological polar surface area (TPSA) is 37.3 Å². The maximum Gasteiger partial charge on any atom is 0.307 e. The summed E-state index contributed by atoms with van der Waals surface area (Å²) >= 11 is 5.13. The van der Waals surface area contributed by atoms with Crippen molar-refractivity contribution in [1.29, 1.82) is 0 Å². The molecule has 2 rings (SSSR count). The van der Waals surface area contributed by atoms with Gasteiger partial charge < -0.3 is 5.11 Å². The minimum absolute atomic E-state index is 0.134. The summed E-state index contributed by atoms with van der Waals surface area (Å²) in [7, 11) is 0. The van der Waals surface area contributed by atoms with E-state index < -0.39 is 5.97 Å². The fraction of sp³-hybridized carbons (Fsp3) is 0.444. The maximum absolute atomic E-state index is 10.6. The van der Waals surface area contributed by atoms with Crippen LogP contribution in [-0.4, -0.2) is 11.1 Å². The van der Waals surface area contributed by atoms with Gasteiger partial charge in [-0.15, -0.1) is 11.3 Å². The van der Waals surface area contributed by atoms with Gasteiger partial charge in [0.2, 0.25) is 0 Å². The van der Waals surface area contributed by atoms with E-state index in [0.717, 1.165) is 10.9 Å². The van der Waals surface area contributed by atoms with Crippen LogP contribution < -0.4 is 0 Å². The molecule has 4 heteroatoms. The zero-order chi connectivity index (χ0) is 9.59. The Morgan fingerprint density at radius 1 is 1.77 bits per heavy atom. The lowest BCUT2D eigenvalue weighted by Crippen LogP contribution is -1.97. The monoisotopic (exact) mass is 260 g/mol. The Kier molecular flexibility index (Phi) is 2.20. The summed E-state index contributed by atoms with van der Waals surface area (Å²) in [6.07, 6.45) is 0.807. The van der Waals surface area contributed by atoms with E-state index in [2.05, 4.69) is 15.9 Å². The van der Waals surface area contributed by atoms with Crippen LogP contribution >= 0.6 is 27.3 Å².